The number of hydrogen-bond donors (Lipinski definition) is 3. The monoisotopic (exact) mass is 393 g/mol. The minimum atomic E-state index is -0.293. The lowest BCUT2D eigenvalue weighted by Gasteiger charge is -2.07. The Balaban J connectivity index is 1.95. The maximum Gasteiger partial charge on any atom is 0.250 e. The third-order valence-electron chi connectivity index (χ3n) is 3.91. The summed E-state index contributed by atoms with van der Waals surface area (Å²) >= 11 is 1.37. The molecule has 0 saturated carbocycles. The van der Waals surface area contributed by atoms with Gasteiger partial charge in [-0.15, -0.1) is 11.3 Å². The number of aromatic nitrogens is 1. The Labute approximate surface area is 166 Å². The minimum Gasteiger partial charge on any atom is -0.507 e. The Kier molecular flexibility index (Phi) is 5.28. The molecule has 1 heterocycles. The fourth-order valence-corrected chi connectivity index (χ4v) is 3.41. The van der Waals surface area contributed by atoms with Gasteiger partial charge in [0.05, 0.1) is 15.8 Å². The summed E-state index contributed by atoms with van der Waals surface area (Å²) in [5.74, 6) is -0.482. The number of anilines is 2. The zero-order valence-corrected chi connectivity index (χ0v) is 16.3. The van der Waals surface area contributed by atoms with Crippen molar-refractivity contribution in [3.8, 4) is 16.3 Å². The van der Waals surface area contributed by atoms with Crippen LogP contribution >= 0.6 is 11.3 Å². The van der Waals surface area contributed by atoms with Crippen molar-refractivity contribution < 1.29 is 14.7 Å². The fourth-order valence-electron chi connectivity index (χ4n) is 2.38. The van der Waals surface area contributed by atoms with Gasteiger partial charge in [0.15, 0.2) is 0 Å². The second-order valence-corrected chi connectivity index (χ2v) is 7.43. The quantitative estimate of drug-likeness (QED) is 0.433. The first-order chi connectivity index (χ1) is 13.2. The van der Waals surface area contributed by atoms with E-state index in [2.05, 4.69) is 28.8 Å². The molecule has 142 valence electrons. The summed E-state index contributed by atoms with van der Waals surface area (Å²) in [7, 11) is 0. The van der Waals surface area contributed by atoms with Gasteiger partial charge in [-0.2, -0.15) is 0 Å². The van der Waals surface area contributed by atoms with E-state index >= 15 is 0 Å². The Hall–Kier alpha value is -3.45. The van der Waals surface area contributed by atoms with Crippen molar-refractivity contribution in [2.45, 2.75) is 13.8 Å². The van der Waals surface area contributed by atoms with Gasteiger partial charge in [0.1, 0.15) is 10.8 Å². The molecule has 0 radical (unpaired) electrons. The van der Waals surface area contributed by atoms with Gasteiger partial charge in [-0.05, 0) is 50.2 Å². The largest absolute Gasteiger partial charge is 0.507 e. The molecule has 0 fully saturated rings. The molecule has 1 aromatic heterocycles. The number of aromatic hydroxyl groups is 1. The van der Waals surface area contributed by atoms with Crippen LogP contribution in [0.5, 0.6) is 5.75 Å². The van der Waals surface area contributed by atoms with E-state index in [1.165, 1.54) is 17.4 Å². The molecule has 0 aliphatic carbocycles. The lowest BCUT2D eigenvalue weighted by molar-refractivity contribution is -0.113. The highest BCUT2D eigenvalue weighted by Gasteiger charge is 2.13. The maximum absolute atomic E-state index is 11.8. The third-order valence-corrected chi connectivity index (χ3v) is 4.96. The molecular formula is C21H19N3O3S. The van der Waals surface area contributed by atoms with Crippen LogP contribution in [0.1, 0.15) is 13.8 Å². The Morgan fingerprint density at radius 2 is 1.54 bits per heavy atom. The molecule has 7 heteroatoms. The summed E-state index contributed by atoms with van der Waals surface area (Å²) in [6.07, 6.45) is 0. The lowest BCUT2D eigenvalue weighted by Crippen LogP contribution is -2.11. The highest BCUT2D eigenvalue weighted by molar-refractivity contribution is 7.21. The SMILES string of the molecule is C=C(C)C(=O)Nc1ccc(O)c(-c2nc3ccc(NC(=O)C(=C)C)cc3s2)c1. The fraction of sp³-hybridized carbons (Fsp3) is 0.0952. The highest BCUT2D eigenvalue weighted by atomic mass is 32.1. The average Bonchev–Trinajstić information content (AvgIpc) is 3.06. The number of thiazole rings is 1. The van der Waals surface area contributed by atoms with Crippen molar-refractivity contribution >= 4 is 44.7 Å². The molecule has 0 bridgehead atoms. The van der Waals surface area contributed by atoms with Gasteiger partial charge >= 0.3 is 0 Å². The minimum absolute atomic E-state index is 0.0585. The van der Waals surface area contributed by atoms with Crippen LogP contribution in [0.25, 0.3) is 20.8 Å². The molecule has 0 aliphatic rings. The lowest BCUT2D eigenvalue weighted by atomic mass is 10.1. The number of phenolic OH excluding ortho intramolecular Hbond substituents is 1. The van der Waals surface area contributed by atoms with E-state index in [-0.39, 0.29) is 17.6 Å². The van der Waals surface area contributed by atoms with Crippen molar-refractivity contribution in [3.63, 3.8) is 0 Å². The van der Waals surface area contributed by atoms with E-state index in [0.717, 1.165) is 10.2 Å². The Morgan fingerprint density at radius 3 is 2.14 bits per heavy atom. The number of hydrogen-bond acceptors (Lipinski definition) is 5. The van der Waals surface area contributed by atoms with E-state index in [9.17, 15) is 14.7 Å². The van der Waals surface area contributed by atoms with E-state index in [1.807, 2.05) is 6.07 Å². The first kappa shape index (κ1) is 19.3. The number of nitrogens with zero attached hydrogens (tertiary/aromatic N) is 1. The molecule has 0 saturated heterocycles. The summed E-state index contributed by atoms with van der Waals surface area (Å²) in [4.78, 5) is 28.2. The molecule has 3 rings (SSSR count). The molecule has 0 spiro atoms. The van der Waals surface area contributed by atoms with Gasteiger partial charge in [0.2, 0.25) is 0 Å². The molecule has 3 N–H and O–H groups in total. The third kappa shape index (κ3) is 4.10. The first-order valence-corrected chi connectivity index (χ1v) is 9.24. The average molecular weight is 393 g/mol. The number of carbonyl (C=O) groups is 2. The molecule has 0 atom stereocenters. The van der Waals surface area contributed by atoms with Gasteiger partial charge in [-0.3, -0.25) is 9.59 Å². The summed E-state index contributed by atoms with van der Waals surface area (Å²) in [6, 6.07) is 10.2. The number of fused-ring (bicyclic) bond motifs is 1. The second kappa shape index (κ2) is 7.66. The van der Waals surface area contributed by atoms with Crippen LogP contribution in [0.15, 0.2) is 60.7 Å². The van der Waals surface area contributed by atoms with Gasteiger partial charge in [-0.1, -0.05) is 13.2 Å². The first-order valence-electron chi connectivity index (χ1n) is 8.42. The molecule has 28 heavy (non-hydrogen) atoms. The van der Waals surface area contributed by atoms with E-state index in [1.54, 1.807) is 38.1 Å². The van der Waals surface area contributed by atoms with Crippen LogP contribution in [-0.2, 0) is 9.59 Å². The van der Waals surface area contributed by atoms with Gasteiger partial charge in [-0.25, -0.2) is 4.98 Å². The number of amides is 2. The Bertz CT molecular complexity index is 1130. The second-order valence-electron chi connectivity index (χ2n) is 6.40. The van der Waals surface area contributed by atoms with Crippen LogP contribution < -0.4 is 10.6 Å². The normalized spacial score (nSPS) is 10.5. The summed E-state index contributed by atoms with van der Waals surface area (Å²) in [5, 5.41) is 16.4. The van der Waals surface area contributed by atoms with Crippen LogP contribution in [-0.4, -0.2) is 21.9 Å². The van der Waals surface area contributed by atoms with Crippen molar-refractivity contribution in [1.82, 2.24) is 4.98 Å². The summed E-state index contributed by atoms with van der Waals surface area (Å²) in [5.41, 5.74) is 3.23. The zero-order valence-electron chi connectivity index (χ0n) is 15.5. The molecule has 2 aromatic carbocycles. The summed E-state index contributed by atoms with van der Waals surface area (Å²) in [6.45, 7) is 10.5. The highest BCUT2D eigenvalue weighted by Crippen LogP contribution is 2.37. The molecule has 0 aliphatic heterocycles. The predicted octanol–water partition coefficient (Wildman–Crippen LogP) is 4.70. The number of rotatable bonds is 5. The van der Waals surface area contributed by atoms with Crippen molar-refractivity contribution in [1.29, 1.82) is 0 Å². The number of phenols is 1. The Morgan fingerprint density at radius 1 is 0.964 bits per heavy atom. The van der Waals surface area contributed by atoms with Crippen LogP contribution in [0.2, 0.25) is 0 Å². The summed E-state index contributed by atoms with van der Waals surface area (Å²) < 4.78 is 0.852. The molecule has 0 unspecified atom stereocenters. The van der Waals surface area contributed by atoms with Crippen molar-refractivity contribution in [3.05, 3.63) is 60.7 Å². The number of carbonyl (C=O) groups excluding carboxylic acids is 2. The van der Waals surface area contributed by atoms with E-state index in [4.69, 9.17) is 0 Å². The van der Waals surface area contributed by atoms with E-state index in [0.29, 0.717) is 33.1 Å². The topological polar surface area (TPSA) is 91.3 Å². The van der Waals surface area contributed by atoms with Gasteiger partial charge in [0, 0.05) is 22.5 Å². The molecule has 6 nitrogen and oxygen atoms in total. The van der Waals surface area contributed by atoms with Crippen LogP contribution in [0.3, 0.4) is 0 Å². The van der Waals surface area contributed by atoms with Crippen molar-refractivity contribution in [2.75, 3.05) is 10.6 Å². The van der Waals surface area contributed by atoms with E-state index < -0.39 is 0 Å². The molecule has 3 aromatic rings. The van der Waals surface area contributed by atoms with Crippen LogP contribution in [0.4, 0.5) is 11.4 Å². The van der Waals surface area contributed by atoms with Gasteiger partial charge < -0.3 is 15.7 Å². The predicted molar refractivity (Wildman–Crippen MR) is 114 cm³/mol. The number of nitrogens with one attached hydrogen (secondary N) is 2. The van der Waals surface area contributed by atoms with Crippen molar-refractivity contribution in [2.24, 2.45) is 0 Å². The molecular weight excluding hydrogens is 374 g/mol. The van der Waals surface area contributed by atoms with Gasteiger partial charge in [0.25, 0.3) is 11.8 Å². The standard InChI is InChI=1S/C21H19N3O3S/c1-11(2)19(26)22-13-6-8-17(25)15(9-13)21-24-16-7-5-14(10-18(16)28-21)23-20(27)12(3)4/h5-10,25H,1,3H2,2,4H3,(H,22,26)(H,23,27). The zero-order chi connectivity index (χ0) is 20.4. The maximum atomic E-state index is 11.8. The molecule has 2 amide bonds. The smallest absolute Gasteiger partial charge is 0.250 e. The van der Waals surface area contributed by atoms with Crippen LogP contribution in [0, 0.1) is 0 Å². The number of benzene rings is 2.